The summed E-state index contributed by atoms with van der Waals surface area (Å²) >= 11 is 5.87. The van der Waals surface area contributed by atoms with Gasteiger partial charge in [-0.05, 0) is 24.3 Å². The van der Waals surface area contributed by atoms with Crippen molar-refractivity contribution in [3.8, 4) is 0 Å². The molecule has 0 radical (unpaired) electrons. The average molecular weight is 309 g/mol. The molecule has 1 amide bonds. The van der Waals surface area contributed by atoms with E-state index in [1.807, 2.05) is 0 Å². The Bertz CT molecular complexity index is 681. The molecule has 0 unspecified atom stereocenters. The van der Waals surface area contributed by atoms with Crippen molar-refractivity contribution < 1.29 is 18.7 Å². The summed E-state index contributed by atoms with van der Waals surface area (Å²) in [5, 5.41) is 3.34. The van der Waals surface area contributed by atoms with Gasteiger partial charge in [-0.1, -0.05) is 11.6 Å². The second-order valence-corrected chi connectivity index (χ2v) is 4.59. The van der Waals surface area contributed by atoms with E-state index in [9.17, 15) is 9.59 Å². The number of carbonyl (C=O) groups excluding carboxylic acids is 2. The van der Waals surface area contributed by atoms with Crippen LogP contribution in [0.3, 0.4) is 0 Å². The smallest absolute Gasteiger partial charge is 0.374 e. The van der Waals surface area contributed by atoms with E-state index < -0.39 is 11.9 Å². The van der Waals surface area contributed by atoms with Crippen molar-refractivity contribution in [1.29, 1.82) is 0 Å². The van der Waals surface area contributed by atoms with Crippen molar-refractivity contribution in [3.05, 3.63) is 52.4 Å². The fourth-order valence-electron chi connectivity index (χ4n) is 1.77. The van der Waals surface area contributed by atoms with Gasteiger partial charge in [-0.2, -0.15) is 0 Å². The fourth-order valence-corrected chi connectivity index (χ4v) is 1.98. The minimum absolute atomic E-state index is 0.133. The molecule has 6 nitrogen and oxygen atoms in total. The van der Waals surface area contributed by atoms with Gasteiger partial charge in [0.1, 0.15) is 0 Å². The molecule has 0 fully saturated rings. The van der Waals surface area contributed by atoms with Gasteiger partial charge in [0.25, 0.3) is 0 Å². The Morgan fingerprint density at radius 1 is 1.38 bits per heavy atom. The highest BCUT2D eigenvalue weighted by Gasteiger charge is 2.15. The van der Waals surface area contributed by atoms with Crippen molar-refractivity contribution in [3.63, 3.8) is 0 Å². The maximum absolute atomic E-state index is 11.5. The van der Waals surface area contributed by atoms with Crippen LogP contribution in [0.1, 0.15) is 26.5 Å². The van der Waals surface area contributed by atoms with E-state index in [1.165, 1.54) is 13.4 Å². The van der Waals surface area contributed by atoms with Crippen molar-refractivity contribution in [2.24, 2.45) is 5.73 Å². The van der Waals surface area contributed by atoms with Crippen molar-refractivity contribution in [2.45, 2.75) is 6.54 Å². The van der Waals surface area contributed by atoms with E-state index >= 15 is 0 Å². The molecule has 0 spiro atoms. The van der Waals surface area contributed by atoms with Gasteiger partial charge in [0.05, 0.1) is 24.0 Å². The zero-order valence-electron chi connectivity index (χ0n) is 11.2. The number of hydrogen-bond donors (Lipinski definition) is 2. The van der Waals surface area contributed by atoms with E-state index in [2.05, 4.69) is 10.1 Å². The van der Waals surface area contributed by atoms with E-state index in [-0.39, 0.29) is 16.3 Å². The van der Waals surface area contributed by atoms with Crippen molar-refractivity contribution >= 4 is 29.2 Å². The van der Waals surface area contributed by atoms with Crippen molar-refractivity contribution in [2.75, 3.05) is 12.4 Å². The number of amides is 1. The lowest BCUT2D eigenvalue weighted by Crippen LogP contribution is -2.12. The van der Waals surface area contributed by atoms with Gasteiger partial charge in [-0.3, -0.25) is 4.79 Å². The van der Waals surface area contributed by atoms with Crippen LogP contribution in [0.5, 0.6) is 0 Å². The van der Waals surface area contributed by atoms with Crippen LogP contribution in [-0.4, -0.2) is 19.0 Å². The Morgan fingerprint density at radius 3 is 2.81 bits per heavy atom. The summed E-state index contributed by atoms with van der Waals surface area (Å²) in [4.78, 5) is 22.7. The molecule has 2 aromatic rings. The highest BCUT2D eigenvalue weighted by atomic mass is 35.5. The van der Waals surface area contributed by atoms with Gasteiger partial charge in [-0.25, -0.2) is 4.79 Å². The number of furan rings is 1. The third-order valence-corrected chi connectivity index (χ3v) is 3.16. The van der Waals surface area contributed by atoms with Crippen LogP contribution in [0.4, 0.5) is 5.69 Å². The minimum atomic E-state index is -0.609. The molecule has 0 saturated heterocycles. The Balaban J connectivity index is 2.14. The van der Waals surface area contributed by atoms with Crippen LogP contribution in [0, 0.1) is 0 Å². The number of nitrogens with two attached hydrogens (primary N) is 1. The lowest BCUT2D eigenvalue weighted by Gasteiger charge is -2.08. The third-order valence-electron chi connectivity index (χ3n) is 2.83. The molecule has 2 rings (SSSR count). The summed E-state index contributed by atoms with van der Waals surface area (Å²) in [6.45, 7) is 0.320. The molecule has 1 aromatic carbocycles. The molecule has 3 N–H and O–H groups in total. The molecule has 0 aliphatic rings. The number of ether oxygens (including phenoxy) is 1. The molecule has 21 heavy (non-hydrogen) atoms. The van der Waals surface area contributed by atoms with Gasteiger partial charge < -0.3 is 20.2 Å². The average Bonchev–Trinajstić information content (AvgIpc) is 2.93. The van der Waals surface area contributed by atoms with Crippen LogP contribution in [0.15, 0.2) is 34.9 Å². The van der Waals surface area contributed by atoms with Crippen molar-refractivity contribution in [1.82, 2.24) is 0 Å². The molecule has 0 aliphatic carbocycles. The van der Waals surface area contributed by atoms with Gasteiger partial charge in [0.2, 0.25) is 11.7 Å². The number of hydrogen-bond acceptors (Lipinski definition) is 5. The number of esters is 1. The molecule has 0 atom stereocenters. The normalized spacial score (nSPS) is 10.2. The van der Waals surface area contributed by atoms with Crippen LogP contribution in [0.25, 0.3) is 0 Å². The standard InChI is InChI=1S/C14H13ClN2O4/c1-20-14(19)12-8(4-5-21-12)7-17-9-2-3-11(15)10(6-9)13(16)18/h2-6,17H,7H2,1H3,(H2,16,18). The van der Waals surface area contributed by atoms with Gasteiger partial charge in [0.15, 0.2) is 0 Å². The fraction of sp³-hybridized carbons (Fsp3) is 0.143. The van der Waals surface area contributed by atoms with Crippen LogP contribution >= 0.6 is 11.6 Å². The molecule has 1 heterocycles. The number of halogens is 1. The lowest BCUT2D eigenvalue weighted by molar-refractivity contribution is 0.0563. The summed E-state index contributed by atoms with van der Waals surface area (Å²) < 4.78 is 9.69. The molecule has 0 aliphatic heterocycles. The summed E-state index contributed by atoms with van der Waals surface area (Å²) in [5.74, 6) is -1.03. The van der Waals surface area contributed by atoms with E-state index in [0.717, 1.165) is 0 Å². The summed E-state index contributed by atoms with van der Waals surface area (Å²) in [6.07, 6.45) is 1.40. The highest BCUT2D eigenvalue weighted by molar-refractivity contribution is 6.33. The molecule has 0 bridgehead atoms. The summed E-state index contributed by atoms with van der Waals surface area (Å²) in [7, 11) is 1.28. The Labute approximate surface area is 125 Å². The van der Waals surface area contributed by atoms with E-state index in [4.69, 9.17) is 21.8 Å². The first-order chi connectivity index (χ1) is 10.0. The maximum Gasteiger partial charge on any atom is 0.374 e. The first kappa shape index (κ1) is 14.9. The predicted molar refractivity (Wildman–Crippen MR) is 77.3 cm³/mol. The molecular formula is C14H13ClN2O4. The topological polar surface area (TPSA) is 94.6 Å². The SMILES string of the molecule is COC(=O)c1occc1CNc1ccc(Cl)c(C(N)=O)c1. The third kappa shape index (κ3) is 3.35. The zero-order valence-corrected chi connectivity index (χ0v) is 11.9. The summed E-state index contributed by atoms with van der Waals surface area (Å²) in [6, 6.07) is 6.47. The quantitative estimate of drug-likeness (QED) is 0.827. The second-order valence-electron chi connectivity index (χ2n) is 4.18. The minimum Gasteiger partial charge on any atom is -0.463 e. The first-order valence-electron chi connectivity index (χ1n) is 6.01. The Kier molecular flexibility index (Phi) is 4.49. The number of nitrogens with one attached hydrogen (secondary N) is 1. The number of benzene rings is 1. The number of anilines is 1. The molecule has 110 valence electrons. The molecule has 0 saturated carbocycles. The van der Waals surface area contributed by atoms with Crippen LogP contribution in [-0.2, 0) is 11.3 Å². The number of primary amides is 1. The van der Waals surface area contributed by atoms with Gasteiger partial charge in [-0.15, -0.1) is 0 Å². The zero-order chi connectivity index (χ0) is 15.4. The summed E-state index contributed by atoms with van der Waals surface area (Å²) in [5.41, 5.74) is 6.73. The molecule has 1 aromatic heterocycles. The van der Waals surface area contributed by atoms with Crippen LogP contribution in [0.2, 0.25) is 5.02 Å². The number of rotatable bonds is 5. The highest BCUT2D eigenvalue weighted by Crippen LogP contribution is 2.21. The monoisotopic (exact) mass is 308 g/mol. The number of methoxy groups -OCH3 is 1. The van der Waals surface area contributed by atoms with Gasteiger partial charge in [0, 0.05) is 17.8 Å². The lowest BCUT2D eigenvalue weighted by atomic mass is 10.2. The Morgan fingerprint density at radius 2 is 2.14 bits per heavy atom. The molecular weight excluding hydrogens is 296 g/mol. The van der Waals surface area contributed by atoms with E-state index in [1.54, 1.807) is 24.3 Å². The van der Waals surface area contributed by atoms with E-state index in [0.29, 0.717) is 17.8 Å². The number of carbonyl (C=O) groups is 2. The largest absolute Gasteiger partial charge is 0.463 e. The second kappa shape index (κ2) is 6.32. The van der Waals surface area contributed by atoms with Crippen LogP contribution < -0.4 is 11.1 Å². The van der Waals surface area contributed by atoms with Gasteiger partial charge >= 0.3 is 5.97 Å². The molecule has 7 heteroatoms. The first-order valence-corrected chi connectivity index (χ1v) is 6.38. The Hall–Kier alpha value is -2.47. The predicted octanol–water partition coefficient (Wildman–Crippen LogP) is 2.43. The maximum atomic E-state index is 11.5.